The van der Waals surface area contributed by atoms with Gasteiger partial charge in [0.05, 0.1) is 5.52 Å². The molecule has 0 atom stereocenters. The molecule has 2 aromatic heterocycles. The fourth-order valence-electron chi connectivity index (χ4n) is 4.19. The number of nitrogens with zero attached hydrogens (tertiary/aromatic N) is 1. The number of terminal acetylenes is 1. The van der Waals surface area contributed by atoms with Crippen LogP contribution in [0, 0.1) is 12.3 Å². The van der Waals surface area contributed by atoms with E-state index in [4.69, 9.17) is 6.42 Å². The summed E-state index contributed by atoms with van der Waals surface area (Å²) in [7, 11) is 0. The summed E-state index contributed by atoms with van der Waals surface area (Å²) in [6, 6.07) is 23.3. The molecule has 2 heteroatoms. The number of allylic oxidation sites excluding steroid dienone is 4. The number of hydrogen-bond acceptors (Lipinski definition) is 0. The van der Waals surface area contributed by atoms with E-state index in [1.165, 1.54) is 27.2 Å². The molecule has 2 heterocycles. The Hall–Kier alpha value is -3.96. The quantitative estimate of drug-likeness (QED) is 0.264. The molecule has 0 aliphatic rings. The van der Waals surface area contributed by atoms with E-state index in [0.717, 1.165) is 22.3 Å². The highest BCUT2D eigenvalue weighted by Gasteiger charge is 2.17. The van der Waals surface area contributed by atoms with Gasteiger partial charge in [0.25, 0.3) is 0 Å². The monoisotopic (exact) mass is 372 g/mol. The molecule has 2 nitrogen and oxygen atoms in total. The Bertz CT molecular complexity index is 1450. The van der Waals surface area contributed by atoms with Gasteiger partial charge < -0.3 is 9.55 Å². The van der Waals surface area contributed by atoms with Crippen LogP contribution < -0.4 is 0 Å². The van der Waals surface area contributed by atoms with E-state index >= 15 is 0 Å². The molecule has 0 amide bonds. The van der Waals surface area contributed by atoms with Gasteiger partial charge in [-0.15, -0.1) is 6.42 Å². The predicted molar refractivity (Wildman–Crippen MR) is 124 cm³/mol. The summed E-state index contributed by atoms with van der Waals surface area (Å²) in [4.78, 5) is 3.61. The van der Waals surface area contributed by atoms with Crippen LogP contribution in [0.5, 0.6) is 0 Å². The molecule has 0 saturated carbocycles. The minimum atomic E-state index is 1.12. The van der Waals surface area contributed by atoms with Crippen LogP contribution in [0.4, 0.5) is 0 Å². The zero-order chi connectivity index (χ0) is 19.8. The van der Waals surface area contributed by atoms with Crippen molar-refractivity contribution >= 4 is 38.3 Å². The molecule has 138 valence electrons. The second-order valence-corrected chi connectivity index (χ2v) is 7.04. The highest BCUT2D eigenvalue weighted by atomic mass is 15.0. The third-order valence-corrected chi connectivity index (χ3v) is 5.45. The van der Waals surface area contributed by atoms with E-state index in [1.54, 1.807) is 6.08 Å². The number of rotatable bonds is 3. The van der Waals surface area contributed by atoms with E-state index in [1.807, 2.05) is 12.1 Å². The lowest BCUT2D eigenvalue weighted by Gasteiger charge is -2.11. The van der Waals surface area contributed by atoms with Gasteiger partial charge in [0.1, 0.15) is 0 Å². The Morgan fingerprint density at radius 2 is 1.76 bits per heavy atom. The molecule has 5 rings (SSSR count). The zero-order valence-corrected chi connectivity index (χ0v) is 16.2. The van der Waals surface area contributed by atoms with Gasteiger partial charge in [-0.2, -0.15) is 0 Å². The Balaban J connectivity index is 1.95. The predicted octanol–water partition coefficient (Wildman–Crippen LogP) is 6.86. The third-order valence-electron chi connectivity index (χ3n) is 5.45. The maximum Gasteiger partial charge on any atom is 0.0555 e. The van der Waals surface area contributed by atoms with Crippen molar-refractivity contribution in [2.75, 3.05) is 0 Å². The molecule has 1 N–H and O–H groups in total. The van der Waals surface area contributed by atoms with E-state index < -0.39 is 0 Å². The number of aromatic nitrogens is 2. The van der Waals surface area contributed by atoms with Gasteiger partial charge >= 0.3 is 0 Å². The van der Waals surface area contributed by atoms with Crippen LogP contribution in [-0.2, 0) is 0 Å². The summed E-state index contributed by atoms with van der Waals surface area (Å²) in [6.45, 7) is 2.06. The number of nitrogens with one attached hydrogen (secondary N) is 1. The van der Waals surface area contributed by atoms with Crippen LogP contribution in [0.1, 0.15) is 12.5 Å². The van der Waals surface area contributed by atoms with Crippen LogP contribution in [0.2, 0.25) is 0 Å². The van der Waals surface area contributed by atoms with E-state index in [9.17, 15) is 0 Å². The topological polar surface area (TPSA) is 20.7 Å². The number of hydrogen-bond donors (Lipinski definition) is 1. The molecule has 0 aliphatic heterocycles. The summed E-state index contributed by atoms with van der Waals surface area (Å²) in [5, 5.41) is 3.66. The van der Waals surface area contributed by atoms with Crippen LogP contribution in [0.25, 0.3) is 44.0 Å². The average Bonchev–Trinajstić information content (AvgIpc) is 3.35. The molecule has 0 unspecified atom stereocenters. The standard InChI is InChI=1S/C27H20N2/c1-3-5-11-19(4-2)26-22-16-17-29(20-12-7-6-8-13-20)25(22)18-24-27(26)21-14-9-10-15-23(21)28-24/h1,4-18,28H,2H3/b11-5-,19-4+. The number of para-hydroxylation sites is 2. The van der Waals surface area contributed by atoms with Crippen molar-refractivity contribution in [3.8, 4) is 18.0 Å². The van der Waals surface area contributed by atoms with E-state index in [0.29, 0.717) is 0 Å². The SMILES string of the molecule is C#C/C=C\C(=C/C)c1c2ccn(-c3ccccc3)c2cc2[nH]c3ccccc3c12. The van der Waals surface area contributed by atoms with Gasteiger partial charge in [-0.1, -0.05) is 48.4 Å². The molecule has 29 heavy (non-hydrogen) atoms. The molecule has 3 aromatic carbocycles. The minimum Gasteiger partial charge on any atom is -0.354 e. The molecule has 0 spiro atoms. The van der Waals surface area contributed by atoms with Crippen molar-refractivity contribution in [2.45, 2.75) is 6.92 Å². The van der Waals surface area contributed by atoms with Gasteiger partial charge in [-0.25, -0.2) is 0 Å². The van der Waals surface area contributed by atoms with Crippen molar-refractivity contribution in [1.82, 2.24) is 9.55 Å². The van der Waals surface area contributed by atoms with Crippen molar-refractivity contribution in [3.63, 3.8) is 0 Å². The van der Waals surface area contributed by atoms with Crippen LogP contribution in [-0.4, -0.2) is 9.55 Å². The van der Waals surface area contributed by atoms with Gasteiger partial charge in [0.15, 0.2) is 0 Å². The maximum atomic E-state index is 5.51. The summed E-state index contributed by atoms with van der Waals surface area (Å²) < 4.78 is 2.24. The normalized spacial score (nSPS) is 12.3. The maximum absolute atomic E-state index is 5.51. The molecule has 0 bridgehead atoms. The fourth-order valence-corrected chi connectivity index (χ4v) is 4.19. The van der Waals surface area contributed by atoms with Crippen molar-refractivity contribution < 1.29 is 0 Å². The second kappa shape index (κ2) is 6.89. The average molecular weight is 372 g/mol. The van der Waals surface area contributed by atoms with Crippen LogP contribution >= 0.6 is 0 Å². The van der Waals surface area contributed by atoms with Gasteiger partial charge in [0, 0.05) is 44.6 Å². The molecule has 5 aromatic rings. The summed E-state index contributed by atoms with van der Waals surface area (Å²) in [5.74, 6) is 2.63. The molecular formula is C27H20N2. The first kappa shape index (κ1) is 17.2. The lowest BCUT2D eigenvalue weighted by atomic mass is 9.95. The first-order chi connectivity index (χ1) is 14.3. The molecule has 0 saturated heterocycles. The first-order valence-corrected chi connectivity index (χ1v) is 9.71. The zero-order valence-electron chi connectivity index (χ0n) is 16.2. The number of fused-ring (bicyclic) bond motifs is 4. The van der Waals surface area contributed by atoms with Gasteiger partial charge in [-0.3, -0.25) is 0 Å². The Morgan fingerprint density at radius 1 is 0.966 bits per heavy atom. The molecule has 0 radical (unpaired) electrons. The van der Waals surface area contributed by atoms with Gasteiger partial charge in [0.2, 0.25) is 0 Å². The Morgan fingerprint density at radius 3 is 2.55 bits per heavy atom. The molecule has 0 fully saturated rings. The van der Waals surface area contributed by atoms with Crippen molar-refractivity contribution in [2.24, 2.45) is 0 Å². The number of benzene rings is 3. The van der Waals surface area contributed by atoms with E-state index in [2.05, 4.69) is 95.3 Å². The summed E-state index contributed by atoms with van der Waals surface area (Å²) >= 11 is 0. The Labute approximate surface area is 169 Å². The van der Waals surface area contributed by atoms with Gasteiger partial charge in [-0.05, 0) is 55.0 Å². The van der Waals surface area contributed by atoms with Crippen LogP contribution in [0.15, 0.2) is 91.2 Å². The molecule has 0 aliphatic carbocycles. The number of aromatic amines is 1. The van der Waals surface area contributed by atoms with Crippen LogP contribution in [0.3, 0.4) is 0 Å². The highest BCUT2D eigenvalue weighted by molar-refractivity contribution is 6.19. The second-order valence-electron chi connectivity index (χ2n) is 7.04. The number of H-pyrrole nitrogens is 1. The largest absolute Gasteiger partial charge is 0.354 e. The smallest absolute Gasteiger partial charge is 0.0555 e. The first-order valence-electron chi connectivity index (χ1n) is 9.71. The molecular weight excluding hydrogens is 352 g/mol. The fraction of sp³-hybridized carbons (Fsp3) is 0.0370. The lowest BCUT2D eigenvalue weighted by molar-refractivity contribution is 1.13. The highest BCUT2D eigenvalue weighted by Crippen LogP contribution is 2.39. The minimum absolute atomic E-state index is 1.12. The summed E-state index contributed by atoms with van der Waals surface area (Å²) in [5.41, 5.74) is 6.90. The van der Waals surface area contributed by atoms with Crippen molar-refractivity contribution in [1.29, 1.82) is 0 Å². The summed E-state index contributed by atoms with van der Waals surface area (Å²) in [6.07, 6.45) is 13.6. The third kappa shape index (κ3) is 2.68. The van der Waals surface area contributed by atoms with Crippen molar-refractivity contribution in [3.05, 3.63) is 96.7 Å². The Kier molecular flexibility index (Phi) is 4.08. The van der Waals surface area contributed by atoms with E-state index in [-0.39, 0.29) is 0 Å². The lowest BCUT2D eigenvalue weighted by Crippen LogP contribution is -1.92.